The zero-order valence-electron chi connectivity index (χ0n) is 19.5. The summed E-state index contributed by atoms with van der Waals surface area (Å²) in [6.45, 7) is 8.05. The Hall–Kier alpha value is -2.96. The highest BCUT2D eigenvalue weighted by Crippen LogP contribution is 2.34. The van der Waals surface area contributed by atoms with Gasteiger partial charge in [0, 0.05) is 44.6 Å². The molecule has 3 aromatic heterocycles. The fourth-order valence-electron chi connectivity index (χ4n) is 4.60. The standard InChI is InChI=1S/C24H31N5O3Si/c1-33(2,3)14-13-32-16-28-12-10-19-21-20(15-26-22(19)28)23(30)27-24(31)29(21)18-8-6-17(7-9-18)5-4-11-25/h4-5,10,12,15,17-18H,6-9,13-14,16H2,1-3H3,(H,27,30,31)/t17-,18-. The van der Waals surface area contributed by atoms with Gasteiger partial charge in [0.25, 0.3) is 5.56 Å². The number of hydrogen-bond donors (Lipinski definition) is 1. The van der Waals surface area contributed by atoms with E-state index in [1.807, 2.05) is 22.9 Å². The van der Waals surface area contributed by atoms with Gasteiger partial charge in [0.15, 0.2) is 0 Å². The van der Waals surface area contributed by atoms with Gasteiger partial charge >= 0.3 is 5.69 Å². The van der Waals surface area contributed by atoms with E-state index in [9.17, 15) is 9.59 Å². The first-order valence-electron chi connectivity index (χ1n) is 11.5. The minimum absolute atomic E-state index is 0.00877. The monoisotopic (exact) mass is 465 g/mol. The number of ether oxygens (including phenoxy) is 1. The first-order valence-corrected chi connectivity index (χ1v) is 15.3. The molecule has 3 aromatic rings. The highest BCUT2D eigenvalue weighted by Gasteiger charge is 2.25. The van der Waals surface area contributed by atoms with Crippen LogP contribution in [0.25, 0.3) is 21.9 Å². The predicted octanol–water partition coefficient (Wildman–Crippen LogP) is 4.16. The van der Waals surface area contributed by atoms with Crippen LogP contribution in [0.5, 0.6) is 0 Å². The lowest BCUT2D eigenvalue weighted by molar-refractivity contribution is 0.0899. The molecule has 8 nitrogen and oxygen atoms in total. The van der Waals surface area contributed by atoms with Crippen molar-refractivity contribution in [1.82, 2.24) is 19.1 Å². The average Bonchev–Trinajstić information content (AvgIpc) is 3.19. The van der Waals surface area contributed by atoms with Gasteiger partial charge in [0.2, 0.25) is 0 Å². The van der Waals surface area contributed by atoms with E-state index in [1.54, 1.807) is 10.8 Å². The van der Waals surface area contributed by atoms with Crippen molar-refractivity contribution in [2.45, 2.75) is 64.1 Å². The number of nitriles is 1. The van der Waals surface area contributed by atoms with Crippen molar-refractivity contribution >= 4 is 30.0 Å². The molecule has 0 atom stereocenters. The molecule has 1 saturated carbocycles. The second-order valence-electron chi connectivity index (χ2n) is 10.1. The number of nitrogens with one attached hydrogen (secondary N) is 1. The zero-order chi connectivity index (χ0) is 23.6. The van der Waals surface area contributed by atoms with Gasteiger partial charge in [0.05, 0.1) is 17.0 Å². The van der Waals surface area contributed by atoms with E-state index in [0.29, 0.717) is 35.8 Å². The Morgan fingerprint density at radius 2 is 2.00 bits per heavy atom. The van der Waals surface area contributed by atoms with Crippen molar-refractivity contribution in [3.8, 4) is 6.07 Å². The summed E-state index contributed by atoms with van der Waals surface area (Å²) in [6.07, 6.45) is 10.4. The first kappa shape index (κ1) is 23.2. The van der Waals surface area contributed by atoms with Gasteiger partial charge in [0.1, 0.15) is 12.4 Å². The molecule has 0 spiro atoms. The van der Waals surface area contributed by atoms with Crippen molar-refractivity contribution in [2.24, 2.45) is 5.92 Å². The Labute approximate surface area is 193 Å². The Kier molecular flexibility index (Phi) is 6.67. The summed E-state index contributed by atoms with van der Waals surface area (Å²) >= 11 is 0. The van der Waals surface area contributed by atoms with Crippen molar-refractivity contribution in [3.63, 3.8) is 0 Å². The first-order chi connectivity index (χ1) is 15.8. The molecule has 3 heterocycles. The third kappa shape index (κ3) is 5.02. The van der Waals surface area contributed by atoms with Crippen LogP contribution in [-0.2, 0) is 11.5 Å². The van der Waals surface area contributed by atoms with Gasteiger partial charge in [-0.15, -0.1) is 0 Å². The summed E-state index contributed by atoms with van der Waals surface area (Å²) in [5, 5.41) is 9.99. The molecule has 4 rings (SSSR count). The van der Waals surface area contributed by atoms with Crippen molar-refractivity contribution < 1.29 is 4.74 Å². The molecule has 33 heavy (non-hydrogen) atoms. The van der Waals surface area contributed by atoms with Crippen LogP contribution in [0.15, 0.2) is 40.2 Å². The van der Waals surface area contributed by atoms with E-state index in [0.717, 1.165) is 37.1 Å². The number of aromatic amines is 1. The second kappa shape index (κ2) is 9.49. The number of nitrogens with zero attached hydrogens (tertiary/aromatic N) is 4. The number of fused-ring (bicyclic) bond motifs is 3. The van der Waals surface area contributed by atoms with Crippen LogP contribution in [0, 0.1) is 17.2 Å². The fourth-order valence-corrected chi connectivity index (χ4v) is 5.36. The van der Waals surface area contributed by atoms with Gasteiger partial charge in [-0.1, -0.05) is 25.7 Å². The van der Waals surface area contributed by atoms with Crippen LogP contribution in [0.3, 0.4) is 0 Å². The number of pyridine rings is 1. The molecule has 1 fully saturated rings. The molecule has 0 aliphatic heterocycles. The van der Waals surface area contributed by atoms with Gasteiger partial charge in [-0.2, -0.15) is 5.26 Å². The Morgan fingerprint density at radius 3 is 2.70 bits per heavy atom. The Morgan fingerprint density at radius 1 is 1.24 bits per heavy atom. The largest absolute Gasteiger partial charge is 0.361 e. The normalized spacial score (nSPS) is 19.5. The van der Waals surface area contributed by atoms with E-state index in [2.05, 4.69) is 35.7 Å². The quantitative estimate of drug-likeness (QED) is 0.320. The molecule has 0 unspecified atom stereocenters. The third-order valence-electron chi connectivity index (χ3n) is 6.46. The lowest BCUT2D eigenvalue weighted by Gasteiger charge is -2.29. The molecular weight excluding hydrogens is 434 g/mol. The highest BCUT2D eigenvalue weighted by molar-refractivity contribution is 6.76. The summed E-state index contributed by atoms with van der Waals surface area (Å²) < 4.78 is 9.58. The van der Waals surface area contributed by atoms with Gasteiger partial charge in [-0.25, -0.2) is 9.78 Å². The number of hydrogen-bond acceptors (Lipinski definition) is 5. The summed E-state index contributed by atoms with van der Waals surface area (Å²) in [6, 6.07) is 5.05. The second-order valence-corrected chi connectivity index (χ2v) is 15.7. The molecule has 9 heteroatoms. The minimum atomic E-state index is -1.17. The SMILES string of the molecule is C[Si](C)(C)CCOCn1ccc2c1ncc1c(=O)[nH]c(=O)n([C@H]3CC[C@H](C=CC#N)CC3)c12. The molecule has 0 amide bonds. The molecule has 1 N–H and O–H groups in total. The minimum Gasteiger partial charge on any atom is -0.361 e. The molecular formula is C24H31N5O3Si. The van der Waals surface area contributed by atoms with E-state index >= 15 is 0 Å². The molecule has 0 bridgehead atoms. The van der Waals surface area contributed by atoms with E-state index in [-0.39, 0.29) is 11.7 Å². The Bertz CT molecular complexity index is 1330. The smallest absolute Gasteiger partial charge is 0.329 e. The van der Waals surface area contributed by atoms with Gasteiger partial charge in [-0.3, -0.25) is 14.3 Å². The van der Waals surface area contributed by atoms with Gasteiger partial charge < -0.3 is 9.30 Å². The molecule has 1 aliphatic rings. The van der Waals surface area contributed by atoms with E-state index < -0.39 is 13.6 Å². The molecule has 0 saturated heterocycles. The molecule has 0 aromatic carbocycles. The number of H-pyrrole nitrogens is 1. The zero-order valence-corrected chi connectivity index (χ0v) is 20.5. The maximum atomic E-state index is 13.0. The van der Waals surface area contributed by atoms with Gasteiger partial charge in [-0.05, 0) is 43.7 Å². The Balaban J connectivity index is 1.69. The summed E-state index contributed by atoms with van der Waals surface area (Å²) in [5.41, 5.74) is 0.561. The summed E-state index contributed by atoms with van der Waals surface area (Å²) in [7, 11) is -1.17. The third-order valence-corrected chi connectivity index (χ3v) is 8.17. The highest BCUT2D eigenvalue weighted by atomic mass is 28.3. The van der Waals surface area contributed by atoms with Crippen molar-refractivity contribution in [1.29, 1.82) is 5.26 Å². The van der Waals surface area contributed by atoms with Crippen LogP contribution in [0.4, 0.5) is 0 Å². The predicted molar refractivity (Wildman–Crippen MR) is 132 cm³/mol. The summed E-state index contributed by atoms with van der Waals surface area (Å²) in [5.74, 6) is 0.349. The number of rotatable bonds is 7. The fraction of sp³-hybridized carbons (Fsp3) is 0.500. The van der Waals surface area contributed by atoms with Crippen LogP contribution < -0.4 is 11.2 Å². The topological polar surface area (TPSA) is 106 Å². The summed E-state index contributed by atoms with van der Waals surface area (Å²) in [4.78, 5) is 32.6. The average molecular weight is 466 g/mol. The van der Waals surface area contributed by atoms with Crippen LogP contribution >= 0.6 is 0 Å². The lowest BCUT2D eigenvalue weighted by atomic mass is 9.85. The van der Waals surface area contributed by atoms with E-state index in [4.69, 9.17) is 10.00 Å². The van der Waals surface area contributed by atoms with E-state index in [1.165, 1.54) is 6.08 Å². The van der Waals surface area contributed by atoms with Crippen molar-refractivity contribution in [3.05, 3.63) is 51.5 Å². The lowest BCUT2D eigenvalue weighted by Crippen LogP contribution is -2.34. The van der Waals surface area contributed by atoms with Crippen LogP contribution in [0.2, 0.25) is 25.7 Å². The van der Waals surface area contributed by atoms with Crippen molar-refractivity contribution in [2.75, 3.05) is 6.61 Å². The molecule has 1 aliphatic carbocycles. The van der Waals surface area contributed by atoms with Crippen LogP contribution in [-0.4, -0.2) is 33.8 Å². The number of allylic oxidation sites excluding steroid dienone is 2. The molecule has 174 valence electrons. The maximum absolute atomic E-state index is 13.0. The van der Waals surface area contributed by atoms with Crippen LogP contribution in [0.1, 0.15) is 31.7 Å². The molecule has 0 radical (unpaired) electrons. The number of aromatic nitrogens is 4. The maximum Gasteiger partial charge on any atom is 0.329 e.